The minimum Gasteiger partial charge on any atom is -0.496 e. The highest BCUT2D eigenvalue weighted by Gasteiger charge is 2.60. The lowest BCUT2D eigenvalue weighted by Crippen LogP contribution is -2.34. The molecular formula is C24H18F5N3O5S. The molecule has 0 amide bonds. The number of benzene rings is 3. The number of sulfonamides is 1. The zero-order valence-electron chi connectivity index (χ0n) is 19.5. The van der Waals surface area contributed by atoms with E-state index in [1.165, 1.54) is 42.5 Å². The molecule has 3 aromatic carbocycles. The molecule has 14 heteroatoms. The number of hydrogen-bond donors (Lipinski definition) is 3. The summed E-state index contributed by atoms with van der Waals surface area (Å²) in [5.41, 5.74) is -3.87. The average Bonchev–Trinajstić information content (AvgIpc) is 2.81. The molecule has 0 unspecified atom stereocenters. The summed E-state index contributed by atoms with van der Waals surface area (Å²) in [5, 5.41) is 1.04. The molecule has 0 fully saturated rings. The first-order valence-corrected chi connectivity index (χ1v) is 12.5. The summed E-state index contributed by atoms with van der Waals surface area (Å²) in [4.78, 5) is 27.8. The van der Waals surface area contributed by atoms with Crippen molar-refractivity contribution in [1.82, 2.24) is 9.97 Å². The molecule has 8 nitrogen and oxygen atoms in total. The molecule has 3 N–H and O–H groups in total. The number of ether oxygens (including phenoxy) is 1. The molecule has 0 atom stereocenters. The zero-order valence-corrected chi connectivity index (χ0v) is 20.4. The SMILES string of the molecule is COc1c(-c2ccc3cc(NS(C)(=O)=O)ccc3c2)cc(-c2c[nH]c(=O)[nH]c2=O)cc1C(F)(F)C(F)(F)F. The van der Waals surface area contributed by atoms with Crippen LogP contribution in [0.4, 0.5) is 27.6 Å². The molecule has 4 rings (SSSR count). The summed E-state index contributed by atoms with van der Waals surface area (Å²) >= 11 is 0. The Kier molecular flexibility index (Phi) is 6.55. The number of anilines is 1. The molecule has 0 radical (unpaired) electrons. The maximum atomic E-state index is 14.7. The van der Waals surface area contributed by atoms with E-state index in [-0.39, 0.29) is 27.9 Å². The van der Waals surface area contributed by atoms with E-state index < -0.39 is 44.7 Å². The number of nitrogens with one attached hydrogen (secondary N) is 3. The zero-order chi connectivity index (χ0) is 28.0. The van der Waals surface area contributed by atoms with Crippen LogP contribution in [-0.4, -0.2) is 37.9 Å². The Hall–Kier alpha value is -4.20. The van der Waals surface area contributed by atoms with Gasteiger partial charge in [0.2, 0.25) is 10.0 Å². The van der Waals surface area contributed by atoms with Crippen LogP contribution in [0.1, 0.15) is 5.56 Å². The van der Waals surface area contributed by atoms with Crippen molar-refractivity contribution in [2.45, 2.75) is 12.1 Å². The number of methoxy groups -OCH3 is 1. The Labute approximate surface area is 211 Å². The van der Waals surface area contributed by atoms with Crippen LogP contribution in [0.3, 0.4) is 0 Å². The van der Waals surface area contributed by atoms with Crippen molar-refractivity contribution in [3.05, 3.63) is 81.1 Å². The summed E-state index contributed by atoms with van der Waals surface area (Å²) in [5.74, 6) is -6.13. The molecule has 38 heavy (non-hydrogen) atoms. The van der Waals surface area contributed by atoms with Gasteiger partial charge in [-0.2, -0.15) is 22.0 Å². The molecule has 200 valence electrons. The number of alkyl halides is 5. The van der Waals surface area contributed by atoms with Crippen molar-refractivity contribution in [2.75, 3.05) is 18.1 Å². The second-order valence-corrected chi connectivity index (χ2v) is 10.1. The van der Waals surface area contributed by atoms with Crippen LogP contribution >= 0.6 is 0 Å². The van der Waals surface area contributed by atoms with E-state index in [4.69, 9.17) is 4.74 Å². The Bertz CT molecular complexity index is 1780. The first-order valence-electron chi connectivity index (χ1n) is 10.6. The third-order valence-corrected chi connectivity index (χ3v) is 6.18. The molecule has 0 aliphatic heterocycles. The molecule has 0 saturated heterocycles. The number of aromatic nitrogens is 2. The van der Waals surface area contributed by atoms with Gasteiger partial charge >= 0.3 is 17.8 Å². The minimum atomic E-state index is -5.99. The van der Waals surface area contributed by atoms with Crippen molar-refractivity contribution >= 4 is 26.5 Å². The Balaban J connectivity index is 2.00. The van der Waals surface area contributed by atoms with Gasteiger partial charge in [0.05, 0.1) is 24.5 Å². The van der Waals surface area contributed by atoms with Crippen molar-refractivity contribution in [1.29, 1.82) is 0 Å². The topological polar surface area (TPSA) is 121 Å². The Morgan fingerprint density at radius 2 is 1.53 bits per heavy atom. The van der Waals surface area contributed by atoms with Gasteiger partial charge in [-0.3, -0.25) is 14.5 Å². The van der Waals surface area contributed by atoms with Gasteiger partial charge in [0, 0.05) is 17.4 Å². The first kappa shape index (κ1) is 26.9. The lowest BCUT2D eigenvalue weighted by atomic mass is 9.92. The van der Waals surface area contributed by atoms with E-state index in [1.807, 2.05) is 4.98 Å². The quantitative estimate of drug-likeness (QED) is 0.301. The summed E-state index contributed by atoms with van der Waals surface area (Å²) in [6.45, 7) is 0. The number of rotatable bonds is 6. The number of hydrogen-bond acceptors (Lipinski definition) is 5. The van der Waals surface area contributed by atoms with Crippen molar-refractivity contribution < 1.29 is 35.1 Å². The molecule has 1 aromatic heterocycles. The fourth-order valence-electron chi connectivity index (χ4n) is 3.92. The average molecular weight is 555 g/mol. The number of fused-ring (bicyclic) bond motifs is 1. The fraction of sp³-hybridized carbons (Fsp3) is 0.167. The molecular weight excluding hydrogens is 537 g/mol. The van der Waals surface area contributed by atoms with Crippen molar-refractivity contribution in [3.8, 4) is 28.0 Å². The van der Waals surface area contributed by atoms with Crippen molar-refractivity contribution in [2.24, 2.45) is 0 Å². The predicted molar refractivity (Wildman–Crippen MR) is 131 cm³/mol. The highest BCUT2D eigenvalue weighted by molar-refractivity contribution is 7.92. The maximum Gasteiger partial charge on any atom is 0.458 e. The van der Waals surface area contributed by atoms with E-state index in [0.717, 1.165) is 19.6 Å². The van der Waals surface area contributed by atoms with Gasteiger partial charge < -0.3 is 9.72 Å². The lowest BCUT2D eigenvalue weighted by molar-refractivity contribution is -0.289. The molecule has 0 spiro atoms. The summed E-state index contributed by atoms with van der Waals surface area (Å²) in [6, 6.07) is 10.6. The second-order valence-electron chi connectivity index (χ2n) is 8.31. The number of aromatic amines is 2. The van der Waals surface area contributed by atoms with Crippen LogP contribution in [0.25, 0.3) is 33.0 Å². The van der Waals surface area contributed by atoms with E-state index >= 15 is 0 Å². The molecule has 4 aromatic rings. The number of halogens is 5. The summed E-state index contributed by atoms with van der Waals surface area (Å²) in [6.07, 6.45) is -4.11. The molecule has 1 heterocycles. The van der Waals surface area contributed by atoms with Gasteiger partial charge in [0.15, 0.2) is 0 Å². The van der Waals surface area contributed by atoms with E-state index in [1.54, 1.807) is 0 Å². The van der Waals surface area contributed by atoms with Crippen LogP contribution in [0.2, 0.25) is 0 Å². The highest BCUT2D eigenvalue weighted by atomic mass is 32.2. The predicted octanol–water partition coefficient (Wildman–Crippen LogP) is 4.58. The fourth-order valence-corrected chi connectivity index (χ4v) is 4.47. The summed E-state index contributed by atoms with van der Waals surface area (Å²) < 4.78 is 100. The van der Waals surface area contributed by atoms with Gasteiger partial charge in [0.1, 0.15) is 5.75 Å². The molecule has 0 aliphatic rings. The highest BCUT2D eigenvalue weighted by Crippen LogP contribution is 2.51. The first-order chi connectivity index (χ1) is 17.6. The van der Waals surface area contributed by atoms with Gasteiger partial charge in [-0.15, -0.1) is 0 Å². The summed E-state index contributed by atoms with van der Waals surface area (Å²) in [7, 11) is -2.62. The Morgan fingerprint density at radius 3 is 2.13 bits per heavy atom. The van der Waals surface area contributed by atoms with E-state index in [0.29, 0.717) is 16.8 Å². The van der Waals surface area contributed by atoms with Gasteiger partial charge in [-0.1, -0.05) is 18.2 Å². The van der Waals surface area contributed by atoms with E-state index in [9.17, 15) is 40.0 Å². The van der Waals surface area contributed by atoms with Crippen molar-refractivity contribution in [3.63, 3.8) is 0 Å². The van der Waals surface area contributed by atoms with Crippen LogP contribution in [0.5, 0.6) is 5.75 Å². The Morgan fingerprint density at radius 1 is 0.868 bits per heavy atom. The molecule has 0 aliphatic carbocycles. The standard InChI is InChI=1S/C24H18F5N3O5S/c1-37-20-17(14-4-3-13-8-16(32-38(2,35)36)6-5-12(13)7-14)9-15(18-11-30-22(34)31-21(18)33)10-19(20)23(25,26)24(27,28)29/h3-11,32H,1-2H3,(H2,30,31,33,34). The van der Waals surface area contributed by atoms with Gasteiger partial charge in [0.25, 0.3) is 5.56 Å². The number of H-pyrrole nitrogens is 2. The monoisotopic (exact) mass is 555 g/mol. The third-order valence-electron chi connectivity index (χ3n) is 5.57. The molecule has 0 saturated carbocycles. The van der Waals surface area contributed by atoms with Gasteiger partial charge in [-0.05, 0) is 52.2 Å². The third kappa shape index (κ3) is 5.11. The normalized spacial score (nSPS) is 12.5. The largest absolute Gasteiger partial charge is 0.496 e. The van der Waals surface area contributed by atoms with Crippen LogP contribution in [0, 0.1) is 0 Å². The van der Waals surface area contributed by atoms with Crippen LogP contribution in [0.15, 0.2) is 64.3 Å². The maximum absolute atomic E-state index is 14.7. The van der Waals surface area contributed by atoms with Crippen LogP contribution in [-0.2, 0) is 15.9 Å². The van der Waals surface area contributed by atoms with E-state index in [2.05, 4.69) is 9.71 Å². The smallest absolute Gasteiger partial charge is 0.458 e. The lowest BCUT2D eigenvalue weighted by Gasteiger charge is -2.24. The molecule has 0 bridgehead atoms. The minimum absolute atomic E-state index is 0.167. The van der Waals surface area contributed by atoms with Gasteiger partial charge in [-0.25, -0.2) is 13.2 Å². The second kappa shape index (κ2) is 9.28. The van der Waals surface area contributed by atoms with Crippen LogP contribution < -0.4 is 20.7 Å².